The lowest BCUT2D eigenvalue weighted by molar-refractivity contribution is -0.119. The van der Waals surface area contributed by atoms with Crippen molar-refractivity contribution in [2.24, 2.45) is 0 Å². The van der Waals surface area contributed by atoms with Gasteiger partial charge in [0, 0.05) is 12.6 Å². The monoisotopic (exact) mass is 251 g/mol. The maximum absolute atomic E-state index is 12.4. The van der Waals surface area contributed by atoms with Crippen molar-refractivity contribution < 1.29 is 4.79 Å². The van der Waals surface area contributed by atoms with Crippen molar-refractivity contribution in [3.8, 4) is 0 Å². The maximum Gasteiger partial charge on any atom is 0.146 e. The predicted molar refractivity (Wildman–Crippen MR) is 75.2 cm³/mol. The minimum atomic E-state index is -0.00231. The minimum absolute atomic E-state index is 0.00231. The van der Waals surface area contributed by atoms with Crippen molar-refractivity contribution >= 4 is 5.78 Å². The van der Waals surface area contributed by atoms with Crippen LogP contribution in [0.5, 0.6) is 0 Å². The van der Waals surface area contributed by atoms with Crippen LogP contribution in [0.3, 0.4) is 0 Å². The van der Waals surface area contributed by atoms with Gasteiger partial charge >= 0.3 is 0 Å². The molecular formula is C17H17NO. The molecule has 0 aliphatic heterocycles. The number of pyridine rings is 1. The van der Waals surface area contributed by atoms with E-state index in [1.54, 1.807) is 6.20 Å². The zero-order chi connectivity index (χ0) is 13.2. The van der Waals surface area contributed by atoms with E-state index >= 15 is 0 Å². The van der Waals surface area contributed by atoms with Crippen molar-refractivity contribution in [1.82, 2.24) is 4.98 Å². The molecule has 96 valence electrons. The second-order valence-electron chi connectivity index (χ2n) is 5.27. The summed E-state index contributed by atoms with van der Waals surface area (Å²) in [5.41, 5.74) is 4.56. The van der Waals surface area contributed by atoms with E-state index < -0.39 is 0 Å². The Balaban J connectivity index is 1.77. The van der Waals surface area contributed by atoms with Crippen molar-refractivity contribution in [3.63, 3.8) is 0 Å². The molecule has 1 unspecified atom stereocenters. The summed E-state index contributed by atoms with van der Waals surface area (Å²) in [6, 6.07) is 12.2. The topological polar surface area (TPSA) is 30.0 Å². The van der Waals surface area contributed by atoms with Crippen LogP contribution in [0.4, 0.5) is 0 Å². The molecule has 1 heterocycles. The SMILES string of the molecule is Cc1ccc(CC(=O)C2CCc3cccnc32)cc1. The molecule has 1 atom stereocenters. The number of aromatic nitrogens is 1. The highest BCUT2D eigenvalue weighted by atomic mass is 16.1. The Morgan fingerprint density at radius 2 is 2.05 bits per heavy atom. The van der Waals surface area contributed by atoms with Crippen LogP contribution in [-0.4, -0.2) is 10.8 Å². The number of aryl methyl sites for hydroxylation is 2. The number of ketones is 1. The highest BCUT2D eigenvalue weighted by molar-refractivity contribution is 5.88. The van der Waals surface area contributed by atoms with E-state index in [0.717, 1.165) is 24.1 Å². The van der Waals surface area contributed by atoms with Gasteiger partial charge in [0.1, 0.15) is 5.78 Å². The average molecular weight is 251 g/mol. The summed E-state index contributed by atoms with van der Waals surface area (Å²) in [6.45, 7) is 2.06. The maximum atomic E-state index is 12.4. The van der Waals surface area contributed by atoms with Gasteiger partial charge in [-0.25, -0.2) is 0 Å². The molecule has 0 radical (unpaired) electrons. The zero-order valence-electron chi connectivity index (χ0n) is 11.1. The highest BCUT2D eigenvalue weighted by Gasteiger charge is 2.29. The lowest BCUT2D eigenvalue weighted by Crippen LogP contribution is -2.13. The van der Waals surface area contributed by atoms with Gasteiger partial charge in [0.2, 0.25) is 0 Å². The molecule has 1 aliphatic carbocycles. The molecule has 2 aromatic rings. The van der Waals surface area contributed by atoms with Crippen LogP contribution >= 0.6 is 0 Å². The van der Waals surface area contributed by atoms with Crippen molar-refractivity contribution in [2.45, 2.75) is 32.1 Å². The number of carbonyl (C=O) groups excluding carboxylic acids is 1. The average Bonchev–Trinajstić information content (AvgIpc) is 2.85. The second kappa shape index (κ2) is 4.96. The first-order chi connectivity index (χ1) is 9.24. The molecule has 0 bridgehead atoms. The Morgan fingerprint density at radius 3 is 2.84 bits per heavy atom. The molecule has 3 rings (SSSR count). The third-order valence-corrected chi connectivity index (χ3v) is 3.85. The number of hydrogen-bond donors (Lipinski definition) is 0. The van der Waals surface area contributed by atoms with E-state index in [0.29, 0.717) is 12.2 Å². The summed E-state index contributed by atoms with van der Waals surface area (Å²) in [4.78, 5) is 16.8. The Bertz CT molecular complexity index is 601. The number of fused-ring (bicyclic) bond motifs is 1. The van der Waals surface area contributed by atoms with E-state index in [1.807, 2.05) is 18.2 Å². The summed E-state index contributed by atoms with van der Waals surface area (Å²) in [6.07, 6.45) is 4.20. The van der Waals surface area contributed by atoms with E-state index in [1.165, 1.54) is 11.1 Å². The fourth-order valence-corrected chi connectivity index (χ4v) is 2.76. The lowest BCUT2D eigenvalue weighted by Gasteiger charge is -2.09. The van der Waals surface area contributed by atoms with Crippen molar-refractivity contribution in [2.75, 3.05) is 0 Å². The molecule has 1 aromatic heterocycles. The van der Waals surface area contributed by atoms with Gasteiger partial charge in [0.25, 0.3) is 0 Å². The van der Waals surface area contributed by atoms with E-state index in [-0.39, 0.29) is 5.92 Å². The highest BCUT2D eigenvalue weighted by Crippen LogP contribution is 2.32. The van der Waals surface area contributed by atoms with Gasteiger partial charge < -0.3 is 0 Å². The van der Waals surface area contributed by atoms with Crippen LogP contribution < -0.4 is 0 Å². The summed E-state index contributed by atoms with van der Waals surface area (Å²) in [7, 11) is 0. The van der Waals surface area contributed by atoms with E-state index in [9.17, 15) is 4.79 Å². The molecule has 0 fully saturated rings. The molecule has 0 saturated carbocycles. The van der Waals surface area contributed by atoms with Gasteiger partial charge in [-0.05, 0) is 37.0 Å². The lowest BCUT2D eigenvalue weighted by atomic mass is 9.95. The summed E-state index contributed by atoms with van der Waals surface area (Å²) in [5.74, 6) is 0.291. The van der Waals surface area contributed by atoms with Crippen LogP contribution in [0.2, 0.25) is 0 Å². The predicted octanol–water partition coefficient (Wildman–Crippen LogP) is 3.23. The van der Waals surface area contributed by atoms with Crippen LogP contribution in [0.15, 0.2) is 42.6 Å². The molecule has 2 heteroatoms. The first-order valence-electron chi connectivity index (χ1n) is 6.76. The number of hydrogen-bond acceptors (Lipinski definition) is 2. The first-order valence-corrected chi connectivity index (χ1v) is 6.76. The number of rotatable bonds is 3. The van der Waals surface area contributed by atoms with Gasteiger partial charge in [-0.15, -0.1) is 0 Å². The van der Waals surface area contributed by atoms with Gasteiger partial charge in [-0.2, -0.15) is 0 Å². The zero-order valence-corrected chi connectivity index (χ0v) is 11.1. The minimum Gasteiger partial charge on any atom is -0.299 e. The van der Waals surface area contributed by atoms with Crippen molar-refractivity contribution in [3.05, 3.63) is 65.0 Å². The molecule has 0 N–H and O–H groups in total. The van der Waals surface area contributed by atoms with Gasteiger partial charge in [0.05, 0.1) is 11.6 Å². The Labute approximate surface area is 113 Å². The fourth-order valence-electron chi connectivity index (χ4n) is 2.76. The molecule has 1 aromatic carbocycles. The Kier molecular flexibility index (Phi) is 3.16. The Morgan fingerprint density at radius 1 is 1.26 bits per heavy atom. The van der Waals surface area contributed by atoms with Crippen LogP contribution in [-0.2, 0) is 17.6 Å². The smallest absolute Gasteiger partial charge is 0.146 e. The van der Waals surface area contributed by atoms with Crippen molar-refractivity contribution in [1.29, 1.82) is 0 Å². The normalized spacial score (nSPS) is 17.2. The molecule has 0 amide bonds. The van der Waals surface area contributed by atoms with E-state index in [2.05, 4.69) is 30.1 Å². The third kappa shape index (κ3) is 2.43. The van der Waals surface area contributed by atoms with E-state index in [4.69, 9.17) is 0 Å². The standard InChI is InChI=1S/C17H17NO/c1-12-4-6-13(7-5-12)11-16(19)15-9-8-14-3-2-10-18-17(14)15/h2-7,10,15H,8-9,11H2,1H3. The third-order valence-electron chi connectivity index (χ3n) is 3.85. The van der Waals surface area contributed by atoms with Gasteiger partial charge in [0.15, 0.2) is 0 Å². The molecule has 0 spiro atoms. The number of carbonyl (C=O) groups is 1. The second-order valence-corrected chi connectivity index (χ2v) is 5.27. The quantitative estimate of drug-likeness (QED) is 0.838. The molecule has 2 nitrogen and oxygen atoms in total. The molecule has 0 saturated heterocycles. The van der Waals surface area contributed by atoms with Crippen LogP contribution in [0.25, 0.3) is 0 Å². The Hall–Kier alpha value is -1.96. The van der Waals surface area contributed by atoms with Gasteiger partial charge in [-0.1, -0.05) is 35.9 Å². The number of Topliss-reactive ketones (excluding diaryl/α,β-unsaturated/α-hetero) is 1. The van der Waals surface area contributed by atoms with Gasteiger partial charge in [-0.3, -0.25) is 9.78 Å². The number of benzene rings is 1. The molecular weight excluding hydrogens is 234 g/mol. The molecule has 19 heavy (non-hydrogen) atoms. The number of nitrogens with zero attached hydrogens (tertiary/aromatic N) is 1. The van der Waals surface area contributed by atoms with Crippen LogP contribution in [0, 0.1) is 6.92 Å². The van der Waals surface area contributed by atoms with Crippen LogP contribution in [0.1, 0.15) is 34.7 Å². The largest absolute Gasteiger partial charge is 0.299 e. The first kappa shape index (κ1) is 12.1. The summed E-state index contributed by atoms with van der Waals surface area (Å²) in [5, 5.41) is 0. The molecule has 1 aliphatic rings. The summed E-state index contributed by atoms with van der Waals surface area (Å²) < 4.78 is 0. The summed E-state index contributed by atoms with van der Waals surface area (Å²) >= 11 is 0. The fraction of sp³-hybridized carbons (Fsp3) is 0.294.